The van der Waals surface area contributed by atoms with Crippen LogP contribution in [0.3, 0.4) is 0 Å². The third-order valence-corrected chi connectivity index (χ3v) is 4.60. The fraction of sp³-hybridized carbons (Fsp3) is 0.429. The molecule has 0 spiro atoms. The summed E-state index contributed by atoms with van der Waals surface area (Å²) in [5.74, 6) is 1.70. The normalized spacial score (nSPS) is 15.9. The van der Waals surface area contributed by atoms with Gasteiger partial charge < -0.3 is 14.8 Å². The van der Waals surface area contributed by atoms with E-state index >= 15 is 0 Å². The Morgan fingerprint density at radius 2 is 1.64 bits per heavy atom. The van der Waals surface area contributed by atoms with Crippen LogP contribution in [0.5, 0.6) is 11.5 Å². The van der Waals surface area contributed by atoms with Crippen molar-refractivity contribution in [3.63, 3.8) is 0 Å². The van der Waals surface area contributed by atoms with Gasteiger partial charge in [-0.05, 0) is 68.5 Å². The van der Waals surface area contributed by atoms with Gasteiger partial charge in [-0.2, -0.15) is 0 Å². The highest BCUT2D eigenvalue weighted by Gasteiger charge is 2.25. The Bertz CT molecular complexity index is 730. The first kappa shape index (κ1) is 19.6. The number of rotatable bonds is 5. The Balaban J connectivity index is 0.00000225. The molecule has 0 bridgehead atoms. The summed E-state index contributed by atoms with van der Waals surface area (Å²) in [5.41, 5.74) is 6.63. The van der Waals surface area contributed by atoms with E-state index in [1.807, 2.05) is 13.8 Å². The smallest absolute Gasteiger partial charge is 0.161 e. The van der Waals surface area contributed by atoms with Crippen molar-refractivity contribution in [1.82, 2.24) is 5.32 Å². The highest BCUT2D eigenvalue weighted by Crippen LogP contribution is 2.38. The Labute approximate surface area is 157 Å². The van der Waals surface area contributed by atoms with Gasteiger partial charge in [0.05, 0.1) is 19.3 Å². The van der Waals surface area contributed by atoms with Gasteiger partial charge in [0, 0.05) is 6.54 Å². The van der Waals surface area contributed by atoms with Crippen LogP contribution in [-0.4, -0.2) is 19.8 Å². The average molecular weight is 362 g/mol. The summed E-state index contributed by atoms with van der Waals surface area (Å²) in [5, 5.41) is 3.68. The molecule has 1 N–H and O–H groups in total. The monoisotopic (exact) mass is 361 g/mol. The van der Waals surface area contributed by atoms with Crippen LogP contribution in [0, 0.1) is 13.8 Å². The number of aryl methyl sites for hydroxylation is 2. The number of benzene rings is 2. The van der Waals surface area contributed by atoms with Gasteiger partial charge in [0.2, 0.25) is 0 Å². The molecule has 0 saturated heterocycles. The zero-order valence-electron chi connectivity index (χ0n) is 15.5. The van der Waals surface area contributed by atoms with E-state index in [0.717, 1.165) is 24.5 Å². The minimum Gasteiger partial charge on any atom is -0.490 e. The maximum atomic E-state index is 5.84. The van der Waals surface area contributed by atoms with Gasteiger partial charge in [-0.15, -0.1) is 12.4 Å². The fourth-order valence-corrected chi connectivity index (χ4v) is 3.53. The molecule has 2 aromatic carbocycles. The van der Waals surface area contributed by atoms with Crippen molar-refractivity contribution >= 4 is 12.4 Å². The van der Waals surface area contributed by atoms with Crippen molar-refractivity contribution in [3.05, 3.63) is 58.1 Å². The summed E-state index contributed by atoms with van der Waals surface area (Å²) in [6, 6.07) is 11.2. The van der Waals surface area contributed by atoms with Crippen molar-refractivity contribution in [2.45, 2.75) is 40.2 Å². The van der Waals surface area contributed by atoms with E-state index in [2.05, 4.69) is 49.5 Å². The van der Waals surface area contributed by atoms with Crippen molar-refractivity contribution in [2.75, 3.05) is 19.8 Å². The van der Waals surface area contributed by atoms with E-state index in [1.54, 1.807) is 0 Å². The molecule has 25 heavy (non-hydrogen) atoms. The molecule has 3 rings (SSSR count). The quantitative estimate of drug-likeness (QED) is 0.833. The summed E-state index contributed by atoms with van der Waals surface area (Å²) in [7, 11) is 0. The molecule has 0 amide bonds. The summed E-state index contributed by atoms with van der Waals surface area (Å²) in [6.45, 7) is 10.6. The molecule has 1 unspecified atom stereocenters. The predicted molar refractivity (Wildman–Crippen MR) is 105 cm³/mol. The molecule has 1 heterocycles. The number of hydrogen-bond donors (Lipinski definition) is 1. The highest BCUT2D eigenvalue weighted by molar-refractivity contribution is 5.85. The number of fused-ring (bicyclic) bond motifs is 1. The maximum absolute atomic E-state index is 5.84. The van der Waals surface area contributed by atoms with Crippen LogP contribution in [-0.2, 0) is 6.42 Å². The first-order valence-corrected chi connectivity index (χ1v) is 8.87. The first-order chi connectivity index (χ1) is 11.6. The molecular formula is C21H28ClNO2. The van der Waals surface area contributed by atoms with Gasteiger partial charge in [0.15, 0.2) is 11.5 Å². The van der Waals surface area contributed by atoms with E-state index < -0.39 is 0 Å². The van der Waals surface area contributed by atoms with Crippen molar-refractivity contribution in [3.8, 4) is 11.5 Å². The second-order valence-corrected chi connectivity index (χ2v) is 6.36. The topological polar surface area (TPSA) is 30.5 Å². The Morgan fingerprint density at radius 3 is 2.28 bits per heavy atom. The van der Waals surface area contributed by atoms with Gasteiger partial charge in [0.1, 0.15) is 0 Å². The minimum absolute atomic E-state index is 0. The van der Waals surface area contributed by atoms with Crippen molar-refractivity contribution in [1.29, 1.82) is 0 Å². The van der Waals surface area contributed by atoms with Gasteiger partial charge in [0.25, 0.3) is 0 Å². The molecule has 1 aliphatic rings. The SMILES string of the molecule is CCOc1cc2c(cc1OCC)C(c1ccc(C)cc1C)NCC2.Cl. The van der Waals surface area contributed by atoms with Crippen LogP contribution < -0.4 is 14.8 Å². The lowest BCUT2D eigenvalue weighted by atomic mass is 9.87. The maximum Gasteiger partial charge on any atom is 0.161 e. The van der Waals surface area contributed by atoms with E-state index in [4.69, 9.17) is 9.47 Å². The van der Waals surface area contributed by atoms with E-state index in [1.165, 1.54) is 27.8 Å². The molecule has 3 nitrogen and oxygen atoms in total. The van der Waals surface area contributed by atoms with E-state index in [-0.39, 0.29) is 18.4 Å². The van der Waals surface area contributed by atoms with Gasteiger partial charge in [-0.25, -0.2) is 0 Å². The number of ether oxygens (including phenoxy) is 2. The van der Waals surface area contributed by atoms with Crippen LogP contribution in [0.4, 0.5) is 0 Å². The van der Waals surface area contributed by atoms with Gasteiger partial charge in [-0.1, -0.05) is 23.8 Å². The highest BCUT2D eigenvalue weighted by atomic mass is 35.5. The molecule has 1 atom stereocenters. The Morgan fingerprint density at radius 1 is 0.960 bits per heavy atom. The Hall–Kier alpha value is -1.71. The third kappa shape index (κ3) is 4.10. The summed E-state index contributed by atoms with van der Waals surface area (Å²) in [6.07, 6.45) is 1.02. The second kappa shape index (κ2) is 8.59. The van der Waals surface area contributed by atoms with Gasteiger partial charge in [-0.3, -0.25) is 0 Å². The lowest BCUT2D eigenvalue weighted by molar-refractivity contribution is 0.286. The van der Waals surface area contributed by atoms with Crippen LogP contribution in [0.25, 0.3) is 0 Å². The molecule has 4 heteroatoms. The zero-order valence-corrected chi connectivity index (χ0v) is 16.3. The Kier molecular flexibility index (Phi) is 6.74. The molecule has 1 aliphatic heterocycles. The molecule has 0 aromatic heterocycles. The van der Waals surface area contributed by atoms with Crippen molar-refractivity contribution < 1.29 is 9.47 Å². The first-order valence-electron chi connectivity index (χ1n) is 8.87. The zero-order chi connectivity index (χ0) is 17.1. The standard InChI is InChI=1S/C21H27NO2.ClH/c1-5-23-19-12-16-9-10-22-21(18(16)13-20(19)24-6-2)17-8-7-14(3)11-15(17)4;/h7-8,11-13,21-22H,5-6,9-10H2,1-4H3;1H. The third-order valence-electron chi connectivity index (χ3n) is 4.60. The minimum atomic E-state index is 0. The lowest BCUT2D eigenvalue weighted by Gasteiger charge is -2.30. The van der Waals surface area contributed by atoms with Crippen molar-refractivity contribution in [2.24, 2.45) is 0 Å². The van der Waals surface area contributed by atoms with E-state index in [0.29, 0.717) is 13.2 Å². The molecule has 2 aromatic rings. The lowest BCUT2D eigenvalue weighted by Crippen LogP contribution is -2.31. The fourth-order valence-electron chi connectivity index (χ4n) is 3.53. The largest absolute Gasteiger partial charge is 0.490 e. The predicted octanol–water partition coefficient (Wildman–Crippen LogP) is 4.76. The van der Waals surface area contributed by atoms with Gasteiger partial charge >= 0.3 is 0 Å². The summed E-state index contributed by atoms with van der Waals surface area (Å²) in [4.78, 5) is 0. The van der Waals surface area contributed by atoms with Crippen LogP contribution >= 0.6 is 12.4 Å². The number of nitrogens with one attached hydrogen (secondary N) is 1. The number of halogens is 1. The van der Waals surface area contributed by atoms with Crippen LogP contribution in [0.15, 0.2) is 30.3 Å². The second-order valence-electron chi connectivity index (χ2n) is 6.36. The molecule has 0 saturated carbocycles. The molecular weight excluding hydrogens is 334 g/mol. The molecule has 0 fully saturated rings. The van der Waals surface area contributed by atoms with Crippen LogP contribution in [0.2, 0.25) is 0 Å². The van der Waals surface area contributed by atoms with Crippen LogP contribution in [0.1, 0.15) is 47.7 Å². The molecule has 136 valence electrons. The summed E-state index contributed by atoms with van der Waals surface area (Å²) < 4.78 is 11.6. The van der Waals surface area contributed by atoms with E-state index in [9.17, 15) is 0 Å². The number of hydrogen-bond acceptors (Lipinski definition) is 3. The molecule has 0 radical (unpaired) electrons. The average Bonchev–Trinajstić information content (AvgIpc) is 2.56. The molecule has 0 aliphatic carbocycles. The summed E-state index contributed by atoms with van der Waals surface area (Å²) >= 11 is 0.